The molecule has 0 aliphatic heterocycles. The van der Waals surface area contributed by atoms with Crippen molar-refractivity contribution in [3.05, 3.63) is 85.1 Å². The van der Waals surface area contributed by atoms with Crippen LogP contribution in [0.3, 0.4) is 0 Å². The van der Waals surface area contributed by atoms with Crippen molar-refractivity contribution in [1.29, 1.82) is 0 Å². The highest BCUT2D eigenvalue weighted by atomic mass is 16.6. The summed E-state index contributed by atoms with van der Waals surface area (Å²) in [7, 11) is 0. The van der Waals surface area contributed by atoms with Crippen molar-refractivity contribution in [1.82, 2.24) is 0 Å². The van der Waals surface area contributed by atoms with Crippen molar-refractivity contribution in [2.24, 2.45) is 0 Å². The standard InChI is InChI=1S/C57H96O6/c1-4-7-10-13-16-19-22-25-27-28-30-32-35-38-41-44-47-50-56(59)62-53-54(52-61-55(58)49-46-43-40-37-34-31-24-21-18-15-12-9-6-3)63-57(60)51-48-45-42-39-36-33-29-26-23-20-17-14-11-8-5-2/h7,10,16-17,19-21,24-27,29-30,32,54H,4-6,8-9,11-15,18,22-23,28,31,33-53H2,1-3H3/b10-7-,19-16-,20-17-,24-21-,27-25-,29-26-,32-30-/t54-/m0/s1. The molecule has 0 saturated carbocycles. The number of ether oxygens (including phenoxy) is 3. The summed E-state index contributed by atoms with van der Waals surface area (Å²) in [6, 6.07) is 0. The summed E-state index contributed by atoms with van der Waals surface area (Å²) in [6.07, 6.45) is 65.6. The predicted molar refractivity (Wildman–Crippen MR) is 270 cm³/mol. The van der Waals surface area contributed by atoms with Gasteiger partial charge in [-0.05, 0) is 116 Å². The van der Waals surface area contributed by atoms with E-state index in [4.69, 9.17) is 14.2 Å². The molecule has 0 N–H and O–H groups in total. The molecule has 63 heavy (non-hydrogen) atoms. The van der Waals surface area contributed by atoms with Gasteiger partial charge in [0, 0.05) is 19.3 Å². The lowest BCUT2D eigenvalue weighted by Crippen LogP contribution is -2.30. The molecule has 0 heterocycles. The van der Waals surface area contributed by atoms with E-state index < -0.39 is 6.10 Å². The van der Waals surface area contributed by atoms with Crippen LogP contribution in [0.25, 0.3) is 0 Å². The van der Waals surface area contributed by atoms with Crippen LogP contribution < -0.4 is 0 Å². The number of carbonyl (C=O) groups is 3. The minimum atomic E-state index is -0.797. The minimum absolute atomic E-state index is 0.0951. The van der Waals surface area contributed by atoms with Gasteiger partial charge in [0.05, 0.1) is 0 Å². The third-order valence-electron chi connectivity index (χ3n) is 10.9. The molecule has 0 aromatic rings. The van der Waals surface area contributed by atoms with E-state index in [1.54, 1.807) is 0 Å². The highest BCUT2D eigenvalue weighted by molar-refractivity contribution is 5.71. The predicted octanol–water partition coefficient (Wildman–Crippen LogP) is 17.2. The Balaban J connectivity index is 4.47. The molecule has 6 nitrogen and oxygen atoms in total. The topological polar surface area (TPSA) is 78.9 Å². The first kappa shape index (κ1) is 59.6. The SMILES string of the molecule is CC/C=C\C/C=C\C/C=C\C/C=C\CCCCCCC(=O)OC[C@H](COC(=O)CCCCCCC/C=C\CCCCCC)OC(=O)CCCCCCC/C=C\C/C=C\CCCCC. The Kier molecular flexibility index (Phi) is 48.5. The van der Waals surface area contributed by atoms with Crippen LogP contribution in [0.5, 0.6) is 0 Å². The molecule has 0 fully saturated rings. The molecule has 0 bridgehead atoms. The number of rotatable bonds is 46. The van der Waals surface area contributed by atoms with Gasteiger partial charge in [0.2, 0.25) is 0 Å². The van der Waals surface area contributed by atoms with Crippen molar-refractivity contribution < 1.29 is 28.6 Å². The summed E-state index contributed by atoms with van der Waals surface area (Å²) in [6.45, 7) is 6.44. The van der Waals surface area contributed by atoms with Crippen LogP contribution in [0.4, 0.5) is 0 Å². The molecule has 0 spiro atoms. The zero-order valence-corrected chi connectivity index (χ0v) is 41.1. The lowest BCUT2D eigenvalue weighted by molar-refractivity contribution is -0.167. The smallest absolute Gasteiger partial charge is 0.306 e. The zero-order chi connectivity index (χ0) is 45.8. The summed E-state index contributed by atoms with van der Waals surface area (Å²) in [5, 5.41) is 0. The van der Waals surface area contributed by atoms with Gasteiger partial charge < -0.3 is 14.2 Å². The molecule has 0 aromatic carbocycles. The zero-order valence-electron chi connectivity index (χ0n) is 41.1. The van der Waals surface area contributed by atoms with Crippen molar-refractivity contribution in [2.45, 2.75) is 245 Å². The molecule has 0 radical (unpaired) electrons. The molecule has 6 heteroatoms. The first-order valence-electron chi connectivity index (χ1n) is 26.1. The van der Waals surface area contributed by atoms with Crippen LogP contribution in [-0.4, -0.2) is 37.2 Å². The number of hydrogen-bond donors (Lipinski definition) is 0. The van der Waals surface area contributed by atoms with Crippen LogP contribution in [0.2, 0.25) is 0 Å². The molecule has 0 aliphatic carbocycles. The van der Waals surface area contributed by atoms with Gasteiger partial charge in [-0.2, -0.15) is 0 Å². The van der Waals surface area contributed by atoms with E-state index in [2.05, 4.69) is 106 Å². The Bertz CT molecular complexity index is 1240. The van der Waals surface area contributed by atoms with E-state index in [0.717, 1.165) is 128 Å². The largest absolute Gasteiger partial charge is 0.462 e. The maximum Gasteiger partial charge on any atom is 0.306 e. The molecule has 0 unspecified atom stereocenters. The molecule has 0 saturated heterocycles. The van der Waals surface area contributed by atoms with Crippen LogP contribution in [0.15, 0.2) is 85.1 Å². The summed E-state index contributed by atoms with van der Waals surface area (Å²) in [5.74, 6) is -0.942. The van der Waals surface area contributed by atoms with Crippen molar-refractivity contribution >= 4 is 17.9 Å². The van der Waals surface area contributed by atoms with E-state index in [0.29, 0.717) is 19.3 Å². The second kappa shape index (κ2) is 51.2. The monoisotopic (exact) mass is 877 g/mol. The maximum absolute atomic E-state index is 12.8. The van der Waals surface area contributed by atoms with Gasteiger partial charge in [0.1, 0.15) is 13.2 Å². The highest BCUT2D eigenvalue weighted by Crippen LogP contribution is 2.13. The second-order valence-electron chi connectivity index (χ2n) is 17.0. The lowest BCUT2D eigenvalue weighted by atomic mass is 10.1. The van der Waals surface area contributed by atoms with Gasteiger partial charge in [0.15, 0.2) is 6.10 Å². The van der Waals surface area contributed by atoms with E-state index in [9.17, 15) is 14.4 Å². The highest BCUT2D eigenvalue weighted by Gasteiger charge is 2.19. The van der Waals surface area contributed by atoms with Crippen LogP contribution in [0.1, 0.15) is 239 Å². The van der Waals surface area contributed by atoms with Crippen molar-refractivity contribution in [3.8, 4) is 0 Å². The Morgan fingerprint density at radius 2 is 0.619 bits per heavy atom. The van der Waals surface area contributed by atoms with Gasteiger partial charge in [-0.1, -0.05) is 189 Å². The van der Waals surface area contributed by atoms with Crippen molar-refractivity contribution in [2.75, 3.05) is 13.2 Å². The van der Waals surface area contributed by atoms with Crippen molar-refractivity contribution in [3.63, 3.8) is 0 Å². The Hall–Kier alpha value is -3.41. The van der Waals surface area contributed by atoms with E-state index in [1.165, 1.54) is 70.6 Å². The van der Waals surface area contributed by atoms with Crippen LogP contribution in [-0.2, 0) is 28.6 Å². The second-order valence-corrected chi connectivity index (χ2v) is 17.0. The summed E-state index contributed by atoms with van der Waals surface area (Å²) in [5.41, 5.74) is 0. The number of esters is 3. The summed E-state index contributed by atoms with van der Waals surface area (Å²) in [4.78, 5) is 38.0. The summed E-state index contributed by atoms with van der Waals surface area (Å²) >= 11 is 0. The molecule has 360 valence electrons. The average Bonchev–Trinajstić information content (AvgIpc) is 3.28. The maximum atomic E-state index is 12.8. The number of unbranched alkanes of at least 4 members (excludes halogenated alkanes) is 21. The first-order chi connectivity index (χ1) is 31.0. The summed E-state index contributed by atoms with van der Waals surface area (Å²) < 4.78 is 16.8. The molecule has 1 atom stereocenters. The number of allylic oxidation sites excluding steroid dienone is 14. The van der Waals surface area contributed by atoms with E-state index in [-0.39, 0.29) is 31.1 Å². The van der Waals surface area contributed by atoms with Crippen LogP contribution in [0, 0.1) is 0 Å². The minimum Gasteiger partial charge on any atom is -0.462 e. The molecule has 0 amide bonds. The van der Waals surface area contributed by atoms with Gasteiger partial charge in [-0.25, -0.2) is 0 Å². The fraction of sp³-hybridized carbons (Fsp3) is 0.702. The molecule has 0 aliphatic rings. The normalized spacial score (nSPS) is 12.7. The number of carbonyl (C=O) groups excluding carboxylic acids is 3. The molecule has 0 rings (SSSR count). The Morgan fingerprint density at radius 1 is 0.333 bits per heavy atom. The third-order valence-corrected chi connectivity index (χ3v) is 10.9. The quantitative estimate of drug-likeness (QED) is 0.0262. The fourth-order valence-electron chi connectivity index (χ4n) is 6.93. The van der Waals surface area contributed by atoms with Gasteiger partial charge >= 0.3 is 17.9 Å². The van der Waals surface area contributed by atoms with Gasteiger partial charge in [-0.3, -0.25) is 14.4 Å². The molecular weight excluding hydrogens is 781 g/mol. The Labute approximate surface area is 388 Å². The Morgan fingerprint density at radius 3 is 1.02 bits per heavy atom. The number of hydrogen-bond acceptors (Lipinski definition) is 6. The van der Waals surface area contributed by atoms with E-state index >= 15 is 0 Å². The molecular formula is C57H96O6. The first-order valence-corrected chi connectivity index (χ1v) is 26.1. The van der Waals surface area contributed by atoms with E-state index in [1.807, 2.05) is 0 Å². The fourth-order valence-corrected chi connectivity index (χ4v) is 6.93. The van der Waals surface area contributed by atoms with Crippen LogP contribution >= 0.6 is 0 Å². The lowest BCUT2D eigenvalue weighted by Gasteiger charge is -2.18. The molecule has 0 aromatic heterocycles. The van der Waals surface area contributed by atoms with Gasteiger partial charge in [-0.15, -0.1) is 0 Å². The van der Waals surface area contributed by atoms with Gasteiger partial charge in [0.25, 0.3) is 0 Å². The third kappa shape index (κ3) is 49.5. The average molecular weight is 877 g/mol.